The quantitative estimate of drug-likeness (QED) is 0.636. The van der Waals surface area contributed by atoms with Crippen molar-refractivity contribution in [2.24, 2.45) is 0 Å². The number of β-amino-alcohol motifs (C(OH)–C–C–N with tert-alkyl or cyclic N) is 1. The zero-order valence-electron chi connectivity index (χ0n) is 18.8. The average molecular weight is 445 g/mol. The maximum absolute atomic E-state index is 12.9. The molecule has 0 radical (unpaired) electrons. The first kappa shape index (κ1) is 23.4. The highest BCUT2D eigenvalue weighted by Crippen LogP contribution is 2.27. The fourth-order valence-corrected chi connectivity index (χ4v) is 4.74. The van der Waals surface area contributed by atoms with E-state index in [2.05, 4.69) is 15.6 Å². The van der Waals surface area contributed by atoms with E-state index in [1.807, 2.05) is 57.5 Å². The molecule has 2 unspecified atom stereocenters. The first-order chi connectivity index (χ1) is 14.5. The Bertz CT molecular complexity index is 920. The van der Waals surface area contributed by atoms with Crippen LogP contribution in [0.15, 0.2) is 29.8 Å². The van der Waals surface area contributed by atoms with Gasteiger partial charge >= 0.3 is 0 Å². The minimum Gasteiger partial charge on any atom is -0.391 e. The van der Waals surface area contributed by atoms with Crippen LogP contribution in [0.3, 0.4) is 0 Å². The van der Waals surface area contributed by atoms with Gasteiger partial charge in [0.1, 0.15) is 6.04 Å². The van der Waals surface area contributed by atoms with Gasteiger partial charge in [-0.25, -0.2) is 4.98 Å². The molecule has 2 amide bonds. The molecular formula is C23H32N4O3S. The molecule has 3 rings (SSSR count). The van der Waals surface area contributed by atoms with Crippen molar-refractivity contribution in [2.75, 3.05) is 6.54 Å². The topological polar surface area (TPSA) is 94.6 Å². The molecule has 0 spiro atoms. The van der Waals surface area contributed by atoms with Gasteiger partial charge in [0.05, 0.1) is 28.2 Å². The van der Waals surface area contributed by atoms with E-state index in [1.54, 1.807) is 18.3 Å². The lowest BCUT2D eigenvalue weighted by atomic mass is 10.1. The number of hydrogen-bond donors (Lipinski definition) is 3. The van der Waals surface area contributed by atoms with Crippen molar-refractivity contribution < 1.29 is 14.7 Å². The summed E-state index contributed by atoms with van der Waals surface area (Å²) >= 11 is 1.61. The van der Waals surface area contributed by atoms with Crippen LogP contribution in [-0.2, 0) is 16.1 Å². The molecule has 1 fully saturated rings. The summed E-state index contributed by atoms with van der Waals surface area (Å²) < 4.78 is 0. The van der Waals surface area contributed by atoms with Crippen LogP contribution in [-0.4, -0.2) is 57.1 Å². The summed E-state index contributed by atoms with van der Waals surface area (Å²) in [5, 5.41) is 16.3. The van der Waals surface area contributed by atoms with Gasteiger partial charge in [0, 0.05) is 25.0 Å². The monoisotopic (exact) mass is 444 g/mol. The minimum atomic E-state index is -0.691. The third-order valence-corrected chi connectivity index (χ3v) is 6.29. The number of carbonyl (C=O) groups is 2. The van der Waals surface area contributed by atoms with Gasteiger partial charge in [-0.2, -0.15) is 0 Å². The number of rotatable bonds is 6. The molecule has 3 N–H and O–H groups in total. The van der Waals surface area contributed by atoms with Crippen molar-refractivity contribution in [3.05, 3.63) is 41.0 Å². The first-order valence-electron chi connectivity index (χ1n) is 10.6. The highest BCUT2D eigenvalue weighted by atomic mass is 32.1. The summed E-state index contributed by atoms with van der Waals surface area (Å²) in [5.41, 5.74) is 4.68. The number of aryl methyl sites for hydroxylation is 1. The van der Waals surface area contributed by atoms with Gasteiger partial charge in [0.25, 0.3) is 0 Å². The summed E-state index contributed by atoms with van der Waals surface area (Å²) in [6, 6.07) is 6.91. The number of thiazole rings is 1. The fourth-order valence-electron chi connectivity index (χ4n) is 3.93. The Hall–Kier alpha value is -2.29. The van der Waals surface area contributed by atoms with Crippen molar-refractivity contribution in [1.82, 2.24) is 20.5 Å². The molecule has 0 saturated carbocycles. The van der Waals surface area contributed by atoms with E-state index in [4.69, 9.17) is 0 Å². The Morgan fingerprint density at radius 1 is 1.29 bits per heavy atom. The Morgan fingerprint density at radius 3 is 2.55 bits per heavy atom. The number of benzene rings is 1. The van der Waals surface area contributed by atoms with E-state index in [0.29, 0.717) is 6.54 Å². The standard InChI is InChI=1S/C23H32N4O3S/c1-14-20(31-13-25-14)17-8-6-16(7-9-17)11-24-21(29)19-10-18(28)12-27(19)22(30)15(2)26-23(3,4)5/h6-9,13,15,18-19,26,28H,10-12H2,1-5H3,(H,24,29)/t15?,18-,19?/m1/s1. The van der Waals surface area contributed by atoms with Crippen molar-refractivity contribution in [2.45, 2.75) is 71.3 Å². The summed E-state index contributed by atoms with van der Waals surface area (Å²) in [5.74, 6) is -0.411. The van der Waals surface area contributed by atoms with Crippen molar-refractivity contribution >= 4 is 23.2 Å². The Balaban J connectivity index is 1.61. The Morgan fingerprint density at radius 2 is 1.97 bits per heavy atom. The Kier molecular flexibility index (Phi) is 7.13. The first-order valence-corrected chi connectivity index (χ1v) is 11.5. The molecule has 8 heteroatoms. The number of amides is 2. The second-order valence-corrected chi connectivity index (χ2v) is 10.0. The van der Waals surface area contributed by atoms with Crippen LogP contribution >= 0.6 is 11.3 Å². The van der Waals surface area contributed by atoms with Crippen LogP contribution in [0.4, 0.5) is 0 Å². The summed E-state index contributed by atoms with van der Waals surface area (Å²) in [4.78, 5) is 32.7. The molecule has 31 heavy (non-hydrogen) atoms. The molecule has 1 aromatic carbocycles. The zero-order valence-corrected chi connectivity index (χ0v) is 19.6. The van der Waals surface area contributed by atoms with Gasteiger partial charge in [0.15, 0.2) is 0 Å². The number of nitrogens with one attached hydrogen (secondary N) is 2. The molecular weight excluding hydrogens is 412 g/mol. The van der Waals surface area contributed by atoms with E-state index in [-0.39, 0.29) is 30.3 Å². The lowest BCUT2D eigenvalue weighted by Gasteiger charge is -2.31. The van der Waals surface area contributed by atoms with Gasteiger partial charge in [-0.1, -0.05) is 24.3 Å². The second kappa shape index (κ2) is 9.46. The van der Waals surface area contributed by atoms with Crippen molar-refractivity contribution in [1.29, 1.82) is 0 Å². The maximum Gasteiger partial charge on any atom is 0.243 e. The lowest BCUT2D eigenvalue weighted by Crippen LogP contribution is -2.54. The molecule has 3 atom stereocenters. The molecule has 168 valence electrons. The molecule has 2 heterocycles. The molecule has 1 saturated heterocycles. The number of aliphatic hydroxyl groups excluding tert-OH is 1. The number of aromatic nitrogens is 1. The second-order valence-electron chi connectivity index (χ2n) is 9.19. The van der Waals surface area contributed by atoms with E-state index in [0.717, 1.165) is 21.7 Å². The van der Waals surface area contributed by atoms with Crippen LogP contribution in [0, 0.1) is 6.92 Å². The lowest BCUT2D eigenvalue weighted by molar-refractivity contribution is -0.140. The highest BCUT2D eigenvalue weighted by Gasteiger charge is 2.40. The number of hydrogen-bond acceptors (Lipinski definition) is 6. The highest BCUT2D eigenvalue weighted by molar-refractivity contribution is 7.13. The molecule has 7 nitrogen and oxygen atoms in total. The maximum atomic E-state index is 12.9. The predicted molar refractivity (Wildman–Crippen MR) is 123 cm³/mol. The van der Waals surface area contributed by atoms with E-state index in [1.165, 1.54) is 4.90 Å². The van der Waals surface area contributed by atoms with Crippen LogP contribution in [0.1, 0.15) is 45.4 Å². The average Bonchev–Trinajstić information content (AvgIpc) is 3.30. The Labute approximate surface area is 187 Å². The van der Waals surface area contributed by atoms with E-state index >= 15 is 0 Å². The van der Waals surface area contributed by atoms with Gasteiger partial charge in [-0.15, -0.1) is 11.3 Å². The fraction of sp³-hybridized carbons (Fsp3) is 0.522. The summed E-state index contributed by atoms with van der Waals surface area (Å²) in [6.07, 6.45) is -0.438. The largest absolute Gasteiger partial charge is 0.391 e. The van der Waals surface area contributed by atoms with Crippen LogP contribution in [0.2, 0.25) is 0 Å². The SMILES string of the molecule is Cc1ncsc1-c1ccc(CNC(=O)C2C[C@@H](O)CN2C(=O)C(C)NC(C)(C)C)cc1. The van der Waals surface area contributed by atoms with Gasteiger partial charge in [0.2, 0.25) is 11.8 Å². The van der Waals surface area contributed by atoms with E-state index in [9.17, 15) is 14.7 Å². The number of likely N-dealkylation sites (tertiary alicyclic amines) is 1. The normalized spacial score (nSPS) is 20.0. The number of carbonyl (C=O) groups excluding carboxylic acids is 2. The van der Waals surface area contributed by atoms with E-state index < -0.39 is 18.2 Å². The third-order valence-electron chi connectivity index (χ3n) is 5.31. The summed E-state index contributed by atoms with van der Waals surface area (Å²) in [7, 11) is 0. The van der Waals surface area contributed by atoms with Gasteiger partial charge in [-0.3, -0.25) is 9.59 Å². The van der Waals surface area contributed by atoms with Crippen LogP contribution in [0.5, 0.6) is 0 Å². The smallest absolute Gasteiger partial charge is 0.243 e. The third kappa shape index (κ3) is 5.90. The number of nitrogens with zero attached hydrogens (tertiary/aromatic N) is 2. The molecule has 0 aliphatic carbocycles. The van der Waals surface area contributed by atoms with Gasteiger partial charge < -0.3 is 20.6 Å². The molecule has 0 bridgehead atoms. The predicted octanol–water partition coefficient (Wildman–Crippen LogP) is 2.47. The molecule has 1 aromatic heterocycles. The summed E-state index contributed by atoms with van der Waals surface area (Å²) in [6.45, 7) is 10.3. The van der Waals surface area contributed by atoms with Crippen molar-refractivity contribution in [3.63, 3.8) is 0 Å². The molecule has 2 aromatic rings. The minimum absolute atomic E-state index is 0.170. The van der Waals surface area contributed by atoms with Gasteiger partial charge in [-0.05, 0) is 45.7 Å². The molecule has 1 aliphatic rings. The molecule has 1 aliphatic heterocycles. The zero-order chi connectivity index (χ0) is 22.8. The van der Waals surface area contributed by atoms with Crippen LogP contribution in [0.25, 0.3) is 10.4 Å². The van der Waals surface area contributed by atoms with Crippen molar-refractivity contribution in [3.8, 4) is 10.4 Å². The van der Waals surface area contributed by atoms with Crippen LogP contribution < -0.4 is 10.6 Å². The number of aliphatic hydroxyl groups is 1.